The zero-order valence-corrected chi connectivity index (χ0v) is 11.6. The van der Waals surface area contributed by atoms with Crippen molar-refractivity contribution in [2.45, 2.75) is 51.0 Å². The topological polar surface area (TPSA) is 51.8 Å². The highest BCUT2D eigenvalue weighted by molar-refractivity contribution is 5.20. The maximum Gasteiger partial charge on any atom is 0.116 e. The molecule has 3 nitrogen and oxygen atoms in total. The molecule has 0 aromatic carbocycles. The van der Waals surface area contributed by atoms with E-state index in [0.717, 1.165) is 29.4 Å². The molecule has 1 unspecified atom stereocenters. The van der Waals surface area contributed by atoms with Crippen LogP contribution < -0.4 is 5.73 Å². The van der Waals surface area contributed by atoms with Gasteiger partial charge in [-0.05, 0) is 68.8 Å². The second kappa shape index (κ2) is 4.27. The van der Waals surface area contributed by atoms with Gasteiger partial charge < -0.3 is 5.73 Å². The number of nitrogens with two attached hydrogens (primary N) is 1. The van der Waals surface area contributed by atoms with Crippen LogP contribution >= 0.6 is 0 Å². The normalized spacial score (nSPS) is 41.5. The van der Waals surface area contributed by atoms with E-state index in [2.05, 4.69) is 16.0 Å². The van der Waals surface area contributed by atoms with Crippen LogP contribution in [0.2, 0.25) is 0 Å². The first-order valence-corrected chi connectivity index (χ1v) is 7.78. The first kappa shape index (κ1) is 11.8. The predicted octanol–water partition coefficient (Wildman–Crippen LogP) is 3.04. The molecule has 1 atom stereocenters. The first-order chi connectivity index (χ1) is 9.20. The minimum atomic E-state index is 0.0126. The Bertz CT molecular complexity index is 455. The van der Waals surface area contributed by atoms with E-state index in [1.807, 2.05) is 6.92 Å². The molecular weight excluding hydrogens is 234 g/mol. The molecule has 4 saturated carbocycles. The van der Waals surface area contributed by atoms with Crippen molar-refractivity contribution in [3.05, 3.63) is 23.8 Å². The van der Waals surface area contributed by atoms with Gasteiger partial charge in [0.05, 0.1) is 5.69 Å². The van der Waals surface area contributed by atoms with Crippen molar-refractivity contribution in [1.29, 1.82) is 0 Å². The van der Waals surface area contributed by atoms with Crippen LogP contribution in [0.5, 0.6) is 0 Å². The molecule has 0 amide bonds. The molecule has 1 heterocycles. The van der Waals surface area contributed by atoms with Gasteiger partial charge in [0, 0.05) is 17.7 Å². The number of rotatable bonds is 2. The number of hydrogen-bond donors (Lipinski definition) is 1. The van der Waals surface area contributed by atoms with Crippen molar-refractivity contribution in [2.24, 2.45) is 29.4 Å². The maximum absolute atomic E-state index is 5.97. The first-order valence-electron chi connectivity index (χ1n) is 7.78. The average Bonchev–Trinajstić information content (AvgIpc) is 2.37. The van der Waals surface area contributed by atoms with Gasteiger partial charge in [-0.25, -0.2) is 9.97 Å². The molecule has 4 aliphatic carbocycles. The summed E-state index contributed by atoms with van der Waals surface area (Å²) in [6.07, 6.45) is 8.99. The third-order valence-electron chi connectivity index (χ3n) is 5.74. The highest BCUT2D eigenvalue weighted by Crippen LogP contribution is 2.59. The van der Waals surface area contributed by atoms with Gasteiger partial charge in [0.2, 0.25) is 0 Å². The lowest BCUT2D eigenvalue weighted by Crippen LogP contribution is -2.44. The second-order valence-corrected chi connectivity index (χ2v) is 7.11. The van der Waals surface area contributed by atoms with Gasteiger partial charge in [0.1, 0.15) is 6.33 Å². The molecule has 4 fully saturated rings. The lowest BCUT2D eigenvalue weighted by molar-refractivity contribution is -0.00423. The van der Waals surface area contributed by atoms with Crippen LogP contribution in [0.1, 0.15) is 62.4 Å². The number of nitrogens with zero attached hydrogens (tertiary/aromatic N) is 2. The highest BCUT2D eigenvalue weighted by Gasteiger charge is 2.49. The summed E-state index contributed by atoms with van der Waals surface area (Å²) in [4.78, 5) is 8.92. The van der Waals surface area contributed by atoms with Gasteiger partial charge in [-0.15, -0.1) is 0 Å². The fraction of sp³-hybridized carbons (Fsp3) is 0.750. The summed E-state index contributed by atoms with van der Waals surface area (Å²) < 4.78 is 0. The summed E-state index contributed by atoms with van der Waals surface area (Å²) in [6.45, 7) is 2.00. The number of aromatic nitrogens is 2. The van der Waals surface area contributed by atoms with E-state index >= 15 is 0 Å². The smallest absolute Gasteiger partial charge is 0.116 e. The van der Waals surface area contributed by atoms with Gasteiger partial charge in [-0.2, -0.15) is 0 Å². The van der Waals surface area contributed by atoms with Gasteiger partial charge in [-0.3, -0.25) is 0 Å². The quantitative estimate of drug-likeness (QED) is 0.886. The molecule has 1 aromatic heterocycles. The Morgan fingerprint density at radius 2 is 1.68 bits per heavy atom. The van der Waals surface area contributed by atoms with Crippen LogP contribution in [0, 0.1) is 23.7 Å². The fourth-order valence-corrected chi connectivity index (χ4v) is 5.23. The van der Waals surface area contributed by atoms with Crippen molar-refractivity contribution in [3.63, 3.8) is 0 Å². The van der Waals surface area contributed by atoms with Crippen LogP contribution in [0.4, 0.5) is 0 Å². The zero-order chi connectivity index (χ0) is 13.0. The molecule has 4 bridgehead atoms. The molecule has 102 valence electrons. The third kappa shape index (κ3) is 1.90. The summed E-state index contributed by atoms with van der Waals surface area (Å²) in [7, 11) is 0. The van der Waals surface area contributed by atoms with E-state index in [9.17, 15) is 0 Å². The molecule has 19 heavy (non-hydrogen) atoms. The number of hydrogen-bond acceptors (Lipinski definition) is 3. The van der Waals surface area contributed by atoms with Crippen LogP contribution in [0.15, 0.2) is 12.4 Å². The van der Waals surface area contributed by atoms with Crippen LogP contribution in [0.25, 0.3) is 0 Å². The zero-order valence-electron chi connectivity index (χ0n) is 11.6. The summed E-state index contributed by atoms with van der Waals surface area (Å²) in [5.41, 5.74) is 8.24. The van der Waals surface area contributed by atoms with Gasteiger partial charge in [0.25, 0.3) is 0 Å². The van der Waals surface area contributed by atoms with E-state index in [1.54, 1.807) is 6.33 Å². The van der Waals surface area contributed by atoms with Crippen molar-refractivity contribution < 1.29 is 0 Å². The Hall–Kier alpha value is -0.960. The van der Waals surface area contributed by atoms with Crippen LogP contribution in [-0.2, 0) is 0 Å². The molecule has 1 aromatic rings. The molecule has 4 aliphatic rings. The van der Waals surface area contributed by atoms with Crippen molar-refractivity contribution >= 4 is 0 Å². The predicted molar refractivity (Wildman–Crippen MR) is 74.4 cm³/mol. The van der Waals surface area contributed by atoms with Crippen LogP contribution in [0.3, 0.4) is 0 Å². The third-order valence-corrected chi connectivity index (χ3v) is 5.74. The Morgan fingerprint density at radius 1 is 1.05 bits per heavy atom. The molecule has 0 aliphatic heterocycles. The Morgan fingerprint density at radius 3 is 2.26 bits per heavy atom. The lowest BCUT2D eigenvalue weighted by Gasteiger charge is -2.54. The average molecular weight is 257 g/mol. The van der Waals surface area contributed by atoms with Crippen molar-refractivity contribution in [2.75, 3.05) is 0 Å². The maximum atomic E-state index is 5.97. The minimum absolute atomic E-state index is 0.0126. The van der Waals surface area contributed by atoms with Crippen LogP contribution in [-0.4, -0.2) is 9.97 Å². The SMILES string of the molecule is CC(N)c1cc(C2C3CC4CC(C3)CC2C4)ncn1. The summed E-state index contributed by atoms with van der Waals surface area (Å²) in [6, 6.07) is 2.19. The van der Waals surface area contributed by atoms with Crippen molar-refractivity contribution in [3.8, 4) is 0 Å². The van der Waals surface area contributed by atoms with E-state index in [1.165, 1.54) is 37.8 Å². The Labute approximate surface area is 115 Å². The molecule has 0 spiro atoms. The summed E-state index contributed by atoms with van der Waals surface area (Å²) in [5.74, 6) is 4.49. The fourth-order valence-electron chi connectivity index (χ4n) is 5.23. The minimum Gasteiger partial charge on any atom is -0.323 e. The van der Waals surface area contributed by atoms with Crippen molar-refractivity contribution in [1.82, 2.24) is 9.97 Å². The molecule has 5 rings (SSSR count). The second-order valence-electron chi connectivity index (χ2n) is 7.11. The monoisotopic (exact) mass is 257 g/mol. The van der Waals surface area contributed by atoms with Gasteiger partial charge in [0.15, 0.2) is 0 Å². The van der Waals surface area contributed by atoms with Gasteiger partial charge >= 0.3 is 0 Å². The standard InChI is InChI=1S/C16H23N3/c1-9(17)14-7-15(19-8-18-14)16-12-3-10-2-11(5-12)6-13(16)4-10/h7-13,16H,2-6,17H2,1H3. The lowest BCUT2D eigenvalue weighted by atomic mass is 9.51. The van der Waals surface area contributed by atoms with E-state index in [4.69, 9.17) is 5.73 Å². The summed E-state index contributed by atoms with van der Waals surface area (Å²) in [5, 5.41) is 0. The highest BCUT2D eigenvalue weighted by atomic mass is 14.9. The molecular formula is C16H23N3. The van der Waals surface area contributed by atoms with E-state index < -0.39 is 0 Å². The molecule has 3 heteroatoms. The Balaban J connectivity index is 1.67. The molecule has 2 N–H and O–H groups in total. The summed E-state index contributed by atoms with van der Waals surface area (Å²) >= 11 is 0. The largest absolute Gasteiger partial charge is 0.323 e. The van der Waals surface area contributed by atoms with E-state index in [0.29, 0.717) is 5.92 Å². The molecule has 0 saturated heterocycles. The van der Waals surface area contributed by atoms with E-state index in [-0.39, 0.29) is 6.04 Å². The molecule has 0 radical (unpaired) electrons. The Kier molecular flexibility index (Phi) is 2.66. The van der Waals surface area contributed by atoms with Gasteiger partial charge in [-0.1, -0.05) is 0 Å².